The van der Waals surface area contributed by atoms with Crippen LogP contribution in [0, 0.1) is 0 Å². The maximum Gasteiger partial charge on any atom is 0.241 e. The molecule has 1 unspecified atom stereocenters. The Morgan fingerprint density at radius 3 is 2.12 bits per heavy atom. The fourth-order valence-electron chi connectivity index (χ4n) is 3.48. The van der Waals surface area contributed by atoms with E-state index in [4.69, 9.17) is 9.47 Å². The van der Waals surface area contributed by atoms with Crippen LogP contribution >= 0.6 is 0 Å². The molecule has 0 radical (unpaired) electrons. The molecule has 1 amide bonds. The SMILES string of the molecule is CCC(NC(=O)CN(c1ccc(OCc2ccccc2)cc1)S(C)(=O)=O)c1ccc(OC)cc1. The third-order valence-electron chi connectivity index (χ3n) is 5.32. The average Bonchev–Trinajstić information content (AvgIpc) is 2.85. The zero-order valence-electron chi connectivity index (χ0n) is 19.6. The number of nitrogens with zero attached hydrogens (tertiary/aromatic N) is 1. The van der Waals surface area contributed by atoms with Gasteiger partial charge in [-0.2, -0.15) is 0 Å². The predicted octanol–water partition coefficient (Wildman–Crippen LogP) is 4.31. The van der Waals surface area contributed by atoms with Crippen molar-refractivity contribution in [2.75, 3.05) is 24.2 Å². The molecule has 0 heterocycles. The number of hydrogen-bond donors (Lipinski definition) is 1. The Labute approximate surface area is 201 Å². The maximum absolute atomic E-state index is 12.8. The summed E-state index contributed by atoms with van der Waals surface area (Å²) in [7, 11) is -2.09. The number of anilines is 1. The molecule has 0 aliphatic carbocycles. The van der Waals surface area contributed by atoms with Crippen molar-refractivity contribution in [3.05, 3.63) is 90.0 Å². The van der Waals surface area contributed by atoms with Gasteiger partial charge in [0.2, 0.25) is 15.9 Å². The quantitative estimate of drug-likeness (QED) is 0.440. The molecule has 0 saturated heterocycles. The summed E-state index contributed by atoms with van der Waals surface area (Å²) in [5, 5.41) is 2.93. The van der Waals surface area contributed by atoms with Crippen molar-refractivity contribution >= 4 is 21.6 Å². The van der Waals surface area contributed by atoms with Crippen LogP contribution in [0.2, 0.25) is 0 Å². The van der Waals surface area contributed by atoms with Gasteiger partial charge in [0.25, 0.3) is 0 Å². The topological polar surface area (TPSA) is 84.9 Å². The lowest BCUT2D eigenvalue weighted by molar-refractivity contribution is -0.120. The molecule has 0 fully saturated rings. The molecule has 3 aromatic carbocycles. The van der Waals surface area contributed by atoms with Crippen LogP contribution in [0.3, 0.4) is 0 Å². The second-order valence-electron chi connectivity index (χ2n) is 7.84. The minimum Gasteiger partial charge on any atom is -0.497 e. The molecule has 1 N–H and O–H groups in total. The Bertz CT molecular complexity index is 1160. The highest BCUT2D eigenvalue weighted by Crippen LogP contribution is 2.23. The first kappa shape index (κ1) is 25.1. The summed E-state index contributed by atoms with van der Waals surface area (Å²) in [6.45, 7) is 2.04. The van der Waals surface area contributed by atoms with Crippen LogP contribution in [0.4, 0.5) is 5.69 Å². The van der Waals surface area contributed by atoms with Gasteiger partial charge in [-0.25, -0.2) is 8.42 Å². The molecule has 3 aromatic rings. The third kappa shape index (κ3) is 6.99. The minimum absolute atomic E-state index is 0.242. The van der Waals surface area contributed by atoms with E-state index in [0.29, 0.717) is 24.5 Å². The number of nitrogens with one attached hydrogen (secondary N) is 1. The molecule has 3 rings (SSSR count). The molecule has 0 aromatic heterocycles. The summed E-state index contributed by atoms with van der Waals surface area (Å²) < 4.78 is 37.0. The normalized spacial score (nSPS) is 12.0. The van der Waals surface area contributed by atoms with Gasteiger partial charge in [-0.05, 0) is 53.9 Å². The van der Waals surface area contributed by atoms with E-state index in [-0.39, 0.29) is 12.6 Å². The van der Waals surface area contributed by atoms with Gasteiger partial charge in [0.15, 0.2) is 0 Å². The van der Waals surface area contributed by atoms with Gasteiger partial charge < -0.3 is 14.8 Å². The molecular weight excluding hydrogens is 452 g/mol. The molecule has 0 saturated carbocycles. The molecule has 0 spiro atoms. The standard InChI is InChI=1S/C26H30N2O5S/c1-4-25(21-10-14-23(32-2)15-11-21)27-26(29)18-28(34(3,30)31)22-12-16-24(17-13-22)33-19-20-8-6-5-7-9-20/h5-17,25H,4,18-19H2,1-3H3,(H,27,29). The smallest absolute Gasteiger partial charge is 0.241 e. The molecule has 0 aliphatic rings. The van der Waals surface area contributed by atoms with Crippen molar-refractivity contribution in [1.82, 2.24) is 5.32 Å². The second kappa shape index (κ2) is 11.6. The number of carbonyl (C=O) groups excluding carboxylic acids is 1. The summed E-state index contributed by atoms with van der Waals surface area (Å²) in [4.78, 5) is 12.8. The van der Waals surface area contributed by atoms with Gasteiger partial charge in [-0.3, -0.25) is 9.10 Å². The van der Waals surface area contributed by atoms with Crippen molar-refractivity contribution in [2.45, 2.75) is 26.0 Å². The van der Waals surface area contributed by atoms with Crippen molar-refractivity contribution in [3.63, 3.8) is 0 Å². The fourth-order valence-corrected chi connectivity index (χ4v) is 4.33. The Morgan fingerprint density at radius 2 is 1.56 bits per heavy atom. The Kier molecular flexibility index (Phi) is 8.54. The van der Waals surface area contributed by atoms with Crippen LogP contribution in [0.15, 0.2) is 78.9 Å². The monoisotopic (exact) mass is 482 g/mol. The largest absolute Gasteiger partial charge is 0.497 e. The van der Waals surface area contributed by atoms with E-state index in [1.165, 1.54) is 0 Å². The number of ether oxygens (including phenoxy) is 2. The van der Waals surface area contributed by atoms with Crippen LogP contribution in [0.1, 0.15) is 30.5 Å². The lowest BCUT2D eigenvalue weighted by atomic mass is 10.0. The average molecular weight is 483 g/mol. The molecule has 0 aliphatic heterocycles. The number of carbonyl (C=O) groups is 1. The van der Waals surface area contributed by atoms with Crippen LogP contribution in [0.25, 0.3) is 0 Å². The van der Waals surface area contributed by atoms with Crippen molar-refractivity contribution < 1.29 is 22.7 Å². The van der Waals surface area contributed by atoms with E-state index in [1.54, 1.807) is 31.4 Å². The van der Waals surface area contributed by atoms with Crippen LogP contribution in [-0.2, 0) is 21.4 Å². The molecule has 8 heteroatoms. The van der Waals surface area contributed by atoms with Crippen molar-refractivity contribution in [1.29, 1.82) is 0 Å². The van der Waals surface area contributed by atoms with Gasteiger partial charge in [-0.1, -0.05) is 49.4 Å². The molecular formula is C26H30N2O5S. The first-order valence-electron chi connectivity index (χ1n) is 11.0. The summed E-state index contributed by atoms with van der Waals surface area (Å²) in [5.74, 6) is 0.943. The molecule has 1 atom stereocenters. The number of rotatable bonds is 11. The number of methoxy groups -OCH3 is 1. The number of sulfonamides is 1. The summed E-state index contributed by atoms with van der Waals surface area (Å²) in [6, 6.07) is 23.6. The first-order valence-corrected chi connectivity index (χ1v) is 12.8. The Hall–Kier alpha value is -3.52. The van der Waals surface area contributed by atoms with Gasteiger partial charge >= 0.3 is 0 Å². The molecule has 7 nitrogen and oxygen atoms in total. The maximum atomic E-state index is 12.8. The second-order valence-corrected chi connectivity index (χ2v) is 9.75. The van der Waals surface area contributed by atoms with E-state index in [1.807, 2.05) is 61.5 Å². The minimum atomic E-state index is -3.68. The van der Waals surface area contributed by atoms with E-state index in [9.17, 15) is 13.2 Å². The first-order chi connectivity index (χ1) is 16.3. The van der Waals surface area contributed by atoms with Crippen LogP contribution in [-0.4, -0.2) is 34.2 Å². The molecule has 0 bridgehead atoms. The van der Waals surface area contributed by atoms with Crippen LogP contribution in [0.5, 0.6) is 11.5 Å². The molecule has 180 valence electrons. The fraction of sp³-hybridized carbons (Fsp3) is 0.269. The highest BCUT2D eigenvalue weighted by atomic mass is 32.2. The highest BCUT2D eigenvalue weighted by molar-refractivity contribution is 7.92. The highest BCUT2D eigenvalue weighted by Gasteiger charge is 2.22. The van der Waals surface area contributed by atoms with E-state index in [0.717, 1.165) is 27.4 Å². The van der Waals surface area contributed by atoms with E-state index < -0.39 is 15.9 Å². The summed E-state index contributed by atoms with van der Waals surface area (Å²) >= 11 is 0. The van der Waals surface area contributed by atoms with Gasteiger partial charge in [0.05, 0.1) is 25.1 Å². The Balaban J connectivity index is 1.67. The number of hydrogen-bond acceptors (Lipinski definition) is 5. The molecule has 34 heavy (non-hydrogen) atoms. The third-order valence-corrected chi connectivity index (χ3v) is 6.46. The van der Waals surface area contributed by atoms with Crippen molar-refractivity contribution in [3.8, 4) is 11.5 Å². The Morgan fingerprint density at radius 1 is 0.941 bits per heavy atom. The summed E-state index contributed by atoms with van der Waals surface area (Å²) in [6.07, 6.45) is 1.74. The van der Waals surface area contributed by atoms with Gasteiger partial charge in [0.1, 0.15) is 24.7 Å². The lowest BCUT2D eigenvalue weighted by Crippen LogP contribution is -2.41. The number of amides is 1. The number of benzene rings is 3. The summed E-state index contributed by atoms with van der Waals surface area (Å²) in [5.41, 5.74) is 2.34. The van der Waals surface area contributed by atoms with Crippen molar-refractivity contribution in [2.24, 2.45) is 0 Å². The zero-order valence-corrected chi connectivity index (χ0v) is 20.4. The van der Waals surface area contributed by atoms with Gasteiger partial charge in [-0.15, -0.1) is 0 Å². The van der Waals surface area contributed by atoms with E-state index in [2.05, 4.69) is 5.32 Å². The predicted molar refractivity (Wildman–Crippen MR) is 134 cm³/mol. The van der Waals surface area contributed by atoms with Gasteiger partial charge in [0, 0.05) is 0 Å². The lowest BCUT2D eigenvalue weighted by Gasteiger charge is -2.24. The van der Waals surface area contributed by atoms with E-state index >= 15 is 0 Å². The zero-order chi connectivity index (χ0) is 24.6. The van der Waals surface area contributed by atoms with Crippen LogP contribution < -0.4 is 19.1 Å².